The third-order valence-corrected chi connectivity index (χ3v) is 3.48. The van der Waals surface area contributed by atoms with Crippen molar-refractivity contribution in [3.63, 3.8) is 0 Å². The second kappa shape index (κ2) is 6.92. The largest absolute Gasteiger partial charge is 0.480 e. The molecule has 0 aliphatic rings. The molecule has 0 saturated carbocycles. The summed E-state index contributed by atoms with van der Waals surface area (Å²) in [4.78, 5) is 4.01. The summed E-state index contributed by atoms with van der Waals surface area (Å²) in [7, 11) is 1.45. The van der Waals surface area contributed by atoms with Gasteiger partial charge in [0.1, 0.15) is 17.2 Å². The van der Waals surface area contributed by atoms with Crippen LogP contribution in [0.1, 0.15) is 0 Å². The maximum absolute atomic E-state index is 13.5. The highest BCUT2D eigenvalue weighted by atomic mass is 79.9. The molecule has 9 heteroatoms. The van der Waals surface area contributed by atoms with Crippen molar-refractivity contribution in [3.8, 4) is 5.88 Å². The fraction of sp³-hybridized carbons (Fsp3) is 0.0833. The summed E-state index contributed by atoms with van der Waals surface area (Å²) in [6.45, 7) is 0. The van der Waals surface area contributed by atoms with Crippen molar-refractivity contribution in [3.05, 3.63) is 46.6 Å². The number of aromatic nitrogens is 1. The molecule has 2 rings (SSSR count). The van der Waals surface area contributed by atoms with Gasteiger partial charge in [-0.25, -0.2) is 13.8 Å². The molecule has 0 spiro atoms. The van der Waals surface area contributed by atoms with Crippen molar-refractivity contribution in [1.29, 1.82) is 0 Å². The van der Waals surface area contributed by atoms with Crippen LogP contribution in [0.4, 0.5) is 20.2 Å². The summed E-state index contributed by atoms with van der Waals surface area (Å²) in [5.74, 6) is -1.30. The van der Waals surface area contributed by atoms with Crippen LogP contribution in [0.3, 0.4) is 0 Å². The minimum Gasteiger partial charge on any atom is -0.480 e. The Morgan fingerprint density at radius 1 is 1.38 bits per heavy atom. The Kier molecular flexibility index (Phi) is 5.21. The van der Waals surface area contributed by atoms with Crippen LogP contribution in [0.15, 0.2) is 34.9 Å². The lowest BCUT2D eigenvalue weighted by atomic mass is 10.3. The first-order valence-corrected chi connectivity index (χ1v) is 7.14. The molecule has 0 atom stereocenters. The number of rotatable bonds is 5. The third-order valence-electron chi connectivity index (χ3n) is 2.37. The van der Waals surface area contributed by atoms with Gasteiger partial charge >= 0.3 is 0 Å². The van der Waals surface area contributed by atoms with E-state index in [4.69, 9.17) is 4.74 Å². The van der Waals surface area contributed by atoms with Crippen LogP contribution < -0.4 is 13.9 Å². The third kappa shape index (κ3) is 3.96. The van der Waals surface area contributed by atoms with Gasteiger partial charge in [-0.1, -0.05) is 0 Å². The van der Waals surface area contributed by atoms with Crippen molar-refractivity contribution < 1.29 is 18.7 Å². The van der Waals surface area contributed by atoms with Crippen molar-refractivity contribution in [2.24, 2.45) is 0 Å². The predicted octanol–water partition coefficient (Wildman–Crippen LogP) is 4.00. The number of hydrogen-bond donors (Lipinski definition) is 2. The molecule has 0 amide bonds. The van der Waals surface area contributed by atoms with Gasteiger partial charge in [-0.15, -0.1) is 0 Å². The van der Waals surface area contributed by atoms with Crippen LogP contribution in [0.2, 0.25) is 0 Å². The van der Waals surface area contributed by atoms with Crippen LogP contribution in [-0.2, 0) is 0 Å². The first-order chi connectivity index (χ1) is 10.0. The molecular weight excluding hydrogens is 368 g/mol. The molecule has 5 nitrogen and oxygen atoms in total. The highest BCUT2D eigenvalue weighted by Gasteiger charge is 2.13. The number of nitrogens with zero attached hydrogens (tertiary/aromatic N) is 2. The lowest BCUT2D eigenvalue weighted by Gasteiger charge is -2.17. The van der Waals surface area contributed by atoms with Crippen LogP contribution in [0.25, 0.3) is 0 Å². The van der Waals surface area contributed by atoms with E-state index in [2.05, 4.69) is 25.6 Å². The average Bonchev–Trinajstić information content (AvgIpc) is 2.45. The summed E-state index contributed by atoms with van der Waals surface area (Å²) in [5.41, 5.74) is 0.286. The first-order valence-electron chi connectivity index (χ1n) is 5.58. The summed E-state index contributed by atoms with van der Waals surface area (Å²) in [6.07, 6.45) is 1.55. The van der Waals surface area contributed by atoms with Gasteiger partial charge < -0.3 is 9.46 Å². The molecule has 0 bridgehead atoms. The minimum absolute atomic E-state index is 0.184. The van der Waals surface area contributed by atoms with E-state index in [1.807, 2.05) is 0 Å². The number of hydrogen-bond acceptors (Lipinski definition) is 6. The van der Waals surface area contributed by atoms with Crippen LogP contribution in [0, 0.1) is 11.6 Å². The normalized spacial score (nSPS) is 10.3. The van der Waals surface area contributed by atoms with Crippen LogP contribution in [-0.4, -0.2) is 17.3 Å². The number of benzene rings is 1. The Hall–Kier alpha value is -1.58. The van der Waals surface area contributed by atoms with E-state index in [0.29, 0.717) is 38.7 Å². The molecule has 1 aromatic heterocycles. The molecule has 0 aliphatic carbocycles. The highest BCUT2D eigenvalue weighted by molar-refractivity contribution is 9.10. The number of methoxy groups -OCH3 is 1. The summed E-state index contributed by atoms with van der Waals surface area (Å²) < 4.78 is 35.4. The molecule has 2 N–H and O–H groups in total. The maximum Gasteiger partial charge on any atom is 0.238 e. The molecule has 1 aromatic carbocycles. The van der Waals surface area contributed by atoms with E-state index in [1.165, 1.54) is 7.11 Å². The highest BCUT2D eigenvalue weighted by Crippen LogP contribution is 2.30. The van der Waals surface area contributed by atoms with Gasteiger partial charge in [0.25, 0.3) is 0 Å². The Balaban J connectivity index is 2.10. The maximum atomic E-state index is 13.5. The molecule has 1 heterocycles. The average molecular weight is 378 g/mol. The zero-order valence-electron chi connectivity index (χ0n) is 10.7. The lowest BCUT2D eigenvalue weighted by molar-refractivity contribution is 0.327. The molecule has 0 saturated heterocycles. The van der Waals surface area contributed by atoms with Gasteiger partial charge in [-0.2, -0.15) is 4.47 Å². The van der Waals surface area contributed by atoms with E-state index in [-0.39, 0.29) is 5.69 Å². The number of pyridine rings is 1. The fourth-order valence-corrected chi connectivity index (χ4v) is 2.35. The van der Waals surface area contributed by atoms with Gasteiger partial charge in [-0.05, 0) is 34.1 Å². The Bertz CT molecular complexity index is 648. The molecule has 0 unspecified atom stereocenters. The van der Waals surface area contributed by atoms with E-state index < -0.39 is 11.6 Å². The van der Waals surface area contributed by atoms with Gasteiger partial charge in [-0.3, -0.25) is 5.21 Å². The van der Waals surface area contributed by atoms with Crippen molar-refractivity contribution in [1.82, 2.24) is 4.98 Å². The molecule has 0 fully saturated rings. The number of halogens is 3. The molecule has 21 heavy (non-hydrogen) atoms. The Labute approximate surface area is 132 Å². The van der Waals surface area contributed by atoms with Crippen molar-refractivity contribution in [2.75, 3.05) is 16.3 Å². The second-order valence-electron chi connectivity index (χ2n) is 3.77. The summed E-state index contributed by atoms with van der Waals surface area (Å²) in [6, 6.07) is 4.52. The van der Waals surface area contributed by atoms with E-state index >= 15 is 0 Å². The Morgan fingerprint density at radius 2 is 2.14 bits per heavy atom. The van der Waals surface area contributed by atoms with Gasteiger partial charge in [0.2, 0.25) is 5.88 Å². The predicted molar refractivity (Wildman–Crippen MR) is 80.3 cm³/mol. The minimum atomic E-state index is -0.883. The van der Waals surface area contributed by atoms with Crippen LogP contribution in [0.5, 0.6) is 5.88 Å². The summed E-state index contributed by atoms with van der Waals surface area (Å²) in [5, 5.41) is 9.78. The fourth-order valence-electron chi connectivity index (χ4n) is 1.44. The zero-order chi connectivity index (χ0) is 15.4. The molecule has 0 aliphatic heterocycles. The van der Waals surface area contributed by atoms with Gasteiger partial charge in [0, 0.05) is 16.7 Å². The number of nitrogens with one attached hydrogen (secondary N) is 1. The molecule has 2 aromatic rings. The van der Waals surface area contributed by atoms with E-state index in [9.17, 15) is 14.0 Å². The first kappa shape index (κ1) is 15.8. The molecule has 0 radical (unpaired) electrons. The lowest BCUT2D eigenvalue weighted by Crippen LogP contribution is -2.13. The van der Waals surface area contributed by atoms with Crippen molar-refractivity contribution >= 4 is 39.4 Å². The standard InChI is InChI=1S/C12H10BrF2N3O2S/c1-20-12-10(4-7(13)6-16-12)17-21-18(19)11-3-2-8(14)5-9(11)15/h2-6,17,19H,1H3. The summed E-state index contributed by atoms with van der Waals surface area (Å²) >= 11 is 3.93. The van der Waals surface area contributed by atoms with Gasteiger partial charge in [0.15, 0.2) is 5.82 Å². The molecular formula is C12H10BrF2N3O2S. The van der Waals surface area contributed by atoms with Crippen molar-refractivity contribution in [2.45, 2.75) is 0 Å². The van der Waals surface area contributed by atoms with Gasteiger partial charge in [0.05, 0.1) is 19.2 Å². The number of anilines is 2. The number of ether oxygens (including phenoxy) is 1. The monoisotopic (exact) mass is 377 g/mol. The topological polar surface area (TPSA) is 57.6 Å². The Morgan fingerprint density at radius 3 is 2.81 bits per heavy atom. The molecule has 112 valence electrons. The van der Waals surface area contributed by atoms with E-state index in [0.717, 1.165) is 12.1 Å². The van der Waals surface area contributed by atoms with Crippen LogP contribution >= 0.6 is 28.1 Å². The van der Waals surface area contributed by atoms with E-state index in [1.54, 1.807) is 12.3 Å². The smallest absolute Gasteiger partial charge is 0.238 e. The second-order valence-corrected chi connectivity index (χ2v) is 5.42. The zero-order valence-corrected chi connectivity index (χ0v) is 13.1. The quantitative estimate of drug-likeness (QED) is 0.606. The SMILES string of the molecule is COc1ncc(Br)cc1NSN(O)c1ccc(F)cc1F.